The van der Waals surface area contributed by atoms with E-state index in [1.54, 1.807) is 6.92 Å². The van der Waals surface area contributed by atoms with Gasteiger partial charge in [0.15, 0.2) is 0 Å². The summed E-state index contributed by atoms with van der Waals surface area (Å²) in [6.07, 6.45) is 4.34. The van der Waals surface area contributed by atoms with Crippen LogP contribution in [-0.2, 0) is 4.79 Å². The van der Waals surface area contributed by atoms with Crippen LogP contribution in [0.4, 0.5) is 15.8 Å². The zero-order valence-electron chi connectivity index (χ0n) is 15.5. The van der Waals surface area contributed by atoms with E-state index in [1.165, 1.54) is 30.5 Å². The Balaban J connectivity index is 0.00000225. The van der Waals surface area contributed by atoms with Gasteiger partial charge in [-0.05, 0) is 69.0 Å². The van der Waals surface area contributed by atoms with Gasteiger partial charge in [-0.25, -0.2) is 4.39 Å². The van der Waals surface area contributed by atoms with Crippen molar-refractivity contribution in [1.29, 1.82) is 0 Å². The average molecular weight is 408 g/mol. The molecule has 2 heterocycles. The first kappa shape index (κ1) is 20.4. The first-order valence-electron chi connectivity index (χ1n) is 9.15. The van der Waals surface area contributed by atoms with Crippen molar-refractivity contribution in [1.82, 2.24) is 5.32 Å². The van der Waals surface area contributed by atoms with E-state index in [1.807, 2.05) is 0 Å². The molecule has 0 bridgehead atoms. The first-order valence-corrected chi connectivity index (χ1v) is 9.15. The van der Waals surface area contributed by atoms with Gasteiger partial charge in [0, 0.05) is 11.6 Å². The molecular formula is C20H23ClFN3O3. The zero-order valence-corrected chi connectivity index (χ0v) is 16.3. The number of halogens is 2. The Morgan fingerprint density at radius 1 is 1.21 bits per heavy atom. The van der Waals surface area contributed by atoms with Gasteiger partial charge in [-0.2, -0.15) is 0 Å². The molecule has 1 saturated heterocycles. The Kier molecular flexibility index (Phi) is 5.76. The van der Waals surface area contributed by atoms with E-state index in [0.717, 1.165) is 32.4 Å². The van der Waals surface area contributed by atoms with Crippen LogP contribution in [0.3, 0.4) is 0 Å². The highest BCUT2D eigenvalue weighted by Crippen LogP contribution is 2.58. The summed E-state index contributed by atoms with van der Waals surface area (Å²) < 4.78 is 19.2. The molecule has 1 atom stereocenters. The summed E-state index contributed by atoms with van der Waals surface area (Å²) in [6, 6.07) is 5.71. The molecule has 1 spiro atoms. The summed E-state index contributed by atoms with van der Waals surface area (Å²) in [5.41, 5.74) is 0.961. The summed E-state index contributed by atoms with van der Waals surface area (Å²) in [6.45, 7) is 3.56. The van der Waals surface area contributed by atoms with E-state index in [4.69, 9.17) is 4.42 Å². The summed E-state index contributed by atoms with van der Waals surface area (Å²) in [4.78, 5) is 24.8. The van der Waals surface area contributed by atoms with Crippen molar-refractivity contribution in [3.05, 3.63) is 47.7 Å². The molecule has 1 aliphatic heterocycles. The van der Waals surface area contributed by atoms with Crippen LogP contribution in [0.5, 0.6) is 0 Å². The standard InChI is InChI=1S/C20H22FN3O3.ClH/c1-12-14(4-9-27-12)18(25)24-17-10-13(2-3-16(17)21)23-19(26)15-11-20(15)5-7-22-8-6-20;/h2-4,9-10,15,22H,5-8,11H2,1H3,(H,23,26)(H,24,25);1H. The molecule has 1 aromatic carbocycles. The summed E-state index contributed by atoms with van der Waals surface area (Å²) in [5, 5.41) is 8.72. The van der Waals surface area contributed by atoms with E-state index in [-0.39, 0.29) is 35.3 Å². The number of anilines is 2. The van der Waals surface area contributed by atoms with Crippen LogP contribution in [0.1, 0.15) is 35.4 Å². The molecule has 2 aliphatic rings. The van der Waals surface area contributed by atoms with Gasteiger partial charge in [0.25, 0.3) is 5.91 Å². The maximum Gasteiger partial charge on any atom is 0.259 e. The number of carbonyl (C=O) groups is 2. The molecule has 8 heteroatoms. The topological polar surface area (TPSA) is 83.4 Å². The van der Waals surface area contributed by atoms with Crippen LogP contribution in [0.25, 0.3) is 0 Å². The van der Waals surface area contributed by atoms with Crippen LogP contribution >= 0.6 is 12.4 Å². The number of rotatable bonds is 4. The van der Waals surface area contributed by atoms with Gasteiger partial charge in [-0.1, -0.05) is 0 Å². The minimum atomic E-state index is -0.566. The molecule has 1 aromatic heterocycles. The Labute approximate surface area is 168 Å². The van der Waals surface area contributed by atoms with Crippen molar-refractivity contribution >= 4 is 35.6 Å². The molecule has 1 unspecified atom stereocenters. The first-order chi connectivity index (χ1) is 13.0. The van der Waals surface area contributed by atoms with E-state index in [0.29, 0.717) is 17.0 Å². The lowest BCUT2D eigenvalue weighted by atomic mass is 9.92. The van der Waals surface area contributed by atoms with Gasteiger partial charge in [-0.3, -0.25) is 9.59 Å². The Morgan fingerprint density at radius 2 is 1.96 bits per heavy atom. The van der Waals surface area contributed by atoms with E-state index >= 15 is 0 Å². The highest BCUT2D eigenvalue weighted by Gasteiger charge is 2.57. The minimum absolute atomic E-state index is 0. The number of hydrogen-bond acceptors (Lipinski definition) is 4. The number of furan rings is 1. The third-order valence-electron chi connectivity index (χ3n) is 5.69. The van der Waals surface area contributed by atoms with Crippen molar-refractivity contribution in [2.24, 2.45) is 11.3 Å². The fraction of sp³-hybridized carbons (Fsp3) is 0.400. The summed E-state index contributed by atoms with van der Waals surface area (Å²) in [5.74, 6) is -0.593. The second-order valence-electron chi connectivity index (χ2n) is 7.40. The highest BCUT2D eigenvalue weighted by molar-refractivity contribution is 6.05. The molecule has 2 amide bonds. The number of carbonyl (C=O) groups excluding carboxylic acids is 2. The third-order valence-corrected chi connectivity index (χ3v) is 5.69. The van der Waals surface area contributed by atoms with Crippen molar-refractivity contribution in [3.63, 3.8) is 0 Å². The van der Waals surface area contributed by atoms with Gasteiger partial charge >= 0.3 is 0 Å². The number of piperidine rings is 1. The smallest absolute Gasteiger partial charge is 0.259 e. The third kappa shape index (κ3) is 3.91. The number of amides is 2. The molecule has 1 saturated carbocycles. The largest absolute Gasteiger partial charge is 0.469 e. The lowest BCUT2D eigenvalue weighted by Gasteiger charge is -2.23. The molecule has 0 radical (unpaired) electrons. The average Bonchev–Trinajstić information content (AvgIpc) is 3.15. The van der Waals surface area contributed by atoms with Crippen molar-refractivity contribution in [2.75, 3.05) is 23.7 Å². The number of nitrogens with one attached hydrogen (secondary N) is 3. The fourth-order valence-corrected chi connectivity index (χ4v) is 3.93. The highest BCUT2D eigenvalue weighted by atomic mass is 35.5. The fourth-order valence-electron chi connectivity index (χ4n) is 3.93. The monoisotopic (exact) mass is 407 g/mol. The van der Waals surface area contributed by atoms with Gasteiger partial charge in [0.1, 0.15) is 11.6 Å². The number of hydrogen-bond donors (Lipinski definition) is 3. The number of benzene rings is 1. The van der Waals surface area contributed by atoms with Crippen molar-refractivity contribution in [3.8, 4) is 0 Å². The Bertz CT molecular complexity index is 893. The quantitative estimate of drug-likeness (QED) is 0.721. The summed E-state index contributed by atoms with van der Waals surface area (Å²) in [7, 11) is 0. The van der Waals surface area contributed by atoms with E-state index < -0.39 is 11.7 Å². The molecule has 150 valence electrons. The van der Waals surface area contributed by atoms with Crippen LogP contribution in [-0.4, -0.2) is 24.9 Å². The maximum atomic E-state index is 14.1. The zero-order chi connectivity index (χ0) is 19.0. The lowest BCUT2D eigenvalue weighted by Crippen LogP contribution is -2.31. The van der Waals surface area contributed by atoms with Crippen LogP contribution < -0.4 is 16.0 Å². The molecule has 28 heavy (non-hydrogen) atoms. The van der Waals surface area contributed by atoms with Gasteiger partial charge in [-0.15, -0.1) is 12.4 Å². The predicted octanol–water partition coefficient (Wildman–Crippen LogP) is 3.73. The minimum Gasteiger partial charge on any atom is -0.469 e. The van der Waals surface area contributed by atoms with Crippen LogP contribution in [0, 0.1) is 24.1 Å². The number of aryl methyl sites for hydroxylation is 1. The van der Waals surface area contributed by atoms with Gasteiger partial charge in [0.05, 0.1) is 17.5 Å². The maximum absolute atomic E-state index is 14.1. The van der Waals surface area contributed by atoms with Crippen LogP contribution in [0.15, 0.2) is 34.9 Å². The SMILES string of the molecule is Cc1occc1C(=O)Nc1cc(NC(=O)C2CC23CCNCC3)ccc1F.Cl. The summed E-state index contributed by atoms with van der Waals surface area (Å²) >= 11 is 0. The van der Waals surface area contributed by atoms with E-state index in [2.05, 4.69) is 16.0 Å². The molecule has 4 rings (SSSR count). The predicted molar refractivity (Wildman–Crippen MR) is 106 cm³/mol. The molecule has 1 aliphatic carbocycles. The van der Waals surface area contributed by atoms with E-state index in [9.17, 15) is 14.0 Å². The van der Waals surface area contributed by atoms with Crippen LogP contribution in [0.2, 0.25) is 0 Å². The van der Waals surface area contributed by atoms with Crippen molar-refractivity contribution < 1.29 is 18.4 Å². The second-order valence-corrected chi connectivity index (χ2v) is 7.40. The van der Waals surface area contributed by atoms with Gasteiger partial charge < -0.3 is 20.4 Å². The second kappa shape index (κ2) is 7.93. The molecule has 3 N–H and O–H groups in total. The molecular weight excluding hydrogens is 385 g/mol. The lowest BCUT2D eigenvalue weighted by molar-refractivity contribution is -0.118. The molecule has 6 nitrogen and oxygen atoms in total. The Hall–Kier alpha value is -2.38. The molecule has 2 fully saturated rings. The van der Waals surface area contributed by atoms with Crippen molar-refractivity contribution in [2.45, 2.75) is 26.2 Å². The Morgan fingerprint density at radius 3 is 2.64 bits per heavy atom. The normalized spacial score (nSPS) is 19.6. The molecule has 2 aromatic rings. The van der Waals surface area contributed by atoms with Gasteiger partial charge in [0.2, 0.25) is 5.91 Å².